The first-order valence-corrected chi connectivity index (χ1v) is 12.9. The van der Waals surface area contributed by atoms with Crippen LogP contribution in [0.2, 0.25) is 0 Å². The number of benzene rings is 2. The van der Waals surface area contributed by atoms with E-state index in [4.69, 9.17) is 4.74 Å². The van der Waals surface area contributed by atoms with Gasteiger partial charge >= 0.3 is 6.03 Å². The van der Waals surface area contributed by atoms with E-state index in [-0.39, 0.29) is 23.9 Å². The average Bonchev–Trinajstić information content (AvgIpc) is 3.55. The number of carbonyl (C=O) groups is 3. The molecule has 0 bridgehead atoms. The first-order valence-electron chi connectivity index (χ1n) is 12.1. The molecule has 1 atom stereocenters. The molecule has 1 saturated heterocycles. The molecule has 6 rings (SSSR count). The van der Waals surface area contributed by atoms with Gasteiger partial charge in [0.05, 0.1) is 22.4 Å². The Morgan fingerprint density at radius 2 is 1.87 bits per heavy atom. The number of amides is 4. The SMILES string of the molecule is C=CC(=O)N1CCC(NC(=O)c2sc3nccc4c3c2NC(=O)N4c2ccc(Oc3ccccc3)cc2)C1. The van der Waals surface area contributed by atoms with Crippen molar-refractivity contribution < 1.29 is 19.1 Å². The van der Waals surface area contributed by atoms with Gasteiger partial charge in [-0.2, -0.15) is 0 Å². The standard InChI is InChI=1S/C28H23N5O4S/c1-2-22(34)32-15-13-17(16-32)30-26(35)25-24-23-21(12-14-29-27(23)38-25)33(28(36)31-24)18-8-10-20(11-9-18)37-19-6-4-3-5-7-19/h2-12,14,17H,1,13,15-16H2,(H,30,35)(H,31,36). The third-order valence-electron chi connectivity index (χ3n) is 6.54. The molecule has 1 fully saturated rings. The fraction of sp³-hybridized carbons (Fsp3) is 0.143. The smallest absolute Gasteiger partial charge is 0.331 e. The summed E-state index contributed by atoms with van der Waals surface area (Å²) in [5.41, 5.74) is 1.74. The zero-order valence-electron chi connectivity index (χ0n) is 20.2. The fourth-order valence-corrected chi connectivity index (χ4v) is 5.77. The van der Waals surface area contributed by atoms with Crippen LogP contribution in [-0.2, 0) is 4.79 Å². The van der Waals surface area contributed by atoms with Crippen molar-refractivity contribution in [1.82, 2.24) is 15.2 Å². The summed E-state index contributed by atoms with van der Waals surface area (Å²) in [6.07, 6.45) is 3.56. The van der Waals surface area contributed by atoms with E-state index in [1.807, 2.05) is 42.5 Å². The molecule has 2 aromatic heterocycles. The van der Waals surface area contributed by atoms with Gasteiger partial charge in [-0.3, -0.25) is 14.5 Å². The predicted molar refractivity (Wildman–Crippen MR) is 146 cm³/mol. The summed E-state index contributed by atoms with van der Waals surface area (Å²) < 4.78 is 5.87. The van der Waals surface area contributed by atoms with Gasteiger partial charge in [0.15, 0.2) is 0 Å². The lowest BCUT2D eigenvalue weighted by Gasteiger charge is -2.28. The number of nitrogens with one attached hydrogen (secondary N) is 2. The molecule has 0 spiro atoms. The molecule has 4 heterocycles. The lowest BCUT2D eigenvalue weighted by molar-refractivity contribution is -0.125. The Kier molecular flexibility index (Phi) is 6.01. The fourth-order valence-electron chi connectivity index (χ4n) is 4.75. The van der Waals surface area contributed by atoms with E-state index in [9.17, 15) is 14.4 Å². The number of urea groups is 1. The van der Waals surface area contributed by atoms with Crippen LogP contribution in [0, 0.1) is 0 Å². The van der Waals surface area contributed by atoms with Crippen molar-refractivity contribution in [2.75, 3.05) is 23.3 Å². The summed E-state index contributed by atoms with van der Waals surface area (Å²) in [7, 11) is 0. The molecule has 1 unspecified atom stereocenters. The molecule has 0 radical (unpaired) electrons. The number of likely N-dealkylation sites (tertiary alicyclic amines) is 1. The maximum atomic E-state index is 13.3. The summed E-state index contributed by atoms with van der Waals surface area (Å²) >= 11 is 1.23. The number of para-hydroxylation sites is 1. The molecule has 2 aromatic carbocycles. The number of aromatic nitrogens is 1. The molecule has 2 aliphatic heterocycles. The lowest BCUT2D eigenvalue weighted by Crippen LogP contribution is -2.39. The quantitative estimate of drug-likeness (QED) is 0.333. The van der Waals surface area contributed by atoms with E-state index in [2.05, 4.69) is 22.2 Å². The van der Waals surface area contributed by atoms with E-state index in [0.29, 0.717) is 57.4 Å². The van der Waals surface area contributed by atoms with Crippen molar-refractivity contribution in [3.8, 4) is 11.5 Å². The van der Waals surface area contributed by atoms with Gasteiger partial charge in [-0.1, -0.05) is 24.8 Å². The molecule has 4 amide bonds. The Morgan fingerprint density at radius 3 is 2.63 bits per heavy atom. The van der Waals surface area contributed by atoms with Crippen molar-refractivity contribution in [3.63, 3.8) is 0 Å². The van der Waals surface area contributed by atoms with Crippen LogP contribution in [0.1, 0.15) is 16.1 Å². The highest BCUT2D eigenvalue weighted by Gasteiger charge is 2.34. The largest absolute Gasteiger partial charge is 0.457 e. The van der Waals surface area contributed by atoms with E-state index in [0.717, 1.165) is 5.75 Å². The summed E-state index contributed by atoms with van der Waals surface area (Å²) in [5.74, 6) is 0.911. The minimum Gasteiger partial charge on any atom is -0.457 e. The lowest BCUT2D eigenvalue weighted by atomic mass is 10.1. The number of hydrogen-bond acceptors (Lipinski definition) is 6. The second-order valence-corrected chi connectivity index (χ2v) is 9.94. The Balaban J connectivity index is 1.27. The summed E-state index contributed by atoms with van der Waals surface area (Å²) in [4.78, 5) is 47.2. The Labute approximate surface area is 222 Å². The number of anilines is 3. The van der Waals surface area contributed by atoms with Crippen molar-refractivity contribution >= 4 is 56.5 Å². The van der Waals surface area contributed by atoms with Gasteiger partial charge < -0.3 is 20.3 Å². The molecule has 9 nitrogen and oxygen atoms in total. The number of ether oxygens (including phenoxy) is 1. The topological polar surface area (TPSA) is 104 Å². The van der Waals surface area contributed by atoms with E-state index >= 15 is 0 Å². The molecule has 4 aromatic rings. The predicted octanol–water partition coefficient (Wildman–Crippen LogP) is 5.29. The monoisotopic (exact) mass is 525 g/mol. The second-order valence-electron chi connectivity index (χ2n) is 8.94. The Morgan fingerprint density at radius 1 is 1.11 bits per heavy atom. The molecule has 2 N–H and O–H groups in total. The zero-order valence-corrected chi connectivity index (χ0v) is 21.0. The summed E-state index contributed by atoms with van der Waals surface area (Å²) in [6.45, 7) is 4.50. The number of nitrogens with zero attached hydrogens (tertiary/aromatic N) is 3. The van der Waals surface area contributed by atoms with E-state index in [1.54, 1.807) is 34.2 Å². The number of pyridine rings is 1. The number of thiophene rings is 1. The van der Waals surface area contributed by atoms with Crippen LogP contribution < -0.4 is 20.3 Å². The molecule has 2 aliphatic rings. The Bertz CT molecular complexity index is 1570. The first-order chi connectivity index (χ1) is 18.5. The van der Waals surface area contributed by atoms with Crippen molar-refractivity contribution in [3.05, 3.63) is 84.4 Å². The van der Waals surface area contributed by atoms with Gasteiger partial charge in [0.1, 0.15) is 21.2 Å². The maximum Gasteiger partial charge on any atom is 0.331 e. The van der Waals surface area contributed by atoms with Gasteiger partial charge in [0.2, 0.25) is 5.91 Å². The van der Waals surface area contributed by atoms with Crippen LogP contribution in [0.15, 0.2) is 79.5 Å². The van der Waals surface area contributed by atoms with E-state index in [1.165, 1.54) is 17.4 Å². The van der Waals surface area contributed by atoms with Crippen LogP contribution in [0.3, 0.4) is 0 Å². The third kappa shape index (κ3) is 4.24. The van der Waals surface area contributed by atoms with E-state index < -0.39 is 0 Å². The highest BCUT2D eigenvalue weighted by molar-refractivity contribution is 7.21. The highest BCUT2D eigenvalue weighted by Crippen LogP contribution is 2.45. The van der Waals surface area contributed by atoms with Gasteiger partial charge in [0.25, 0.3) is 5.91 Å². The summed E-state index contributed by atoms with van der Waals surface area (Å²) in [5, 5.41) is 6.62. The van der Waals surface area contributed by atoms with Crippen LogP contribution >= 0.6 is 11.3 Å². The second kappa shape index (κ2) is 9.64. The molecule has 190 valence electrons. The van der Waals surface area contributed by atoms with Crippen LogP contribution in [0.25, 0.3) is 10.2 Å². The van der Waals surface area contributed by atoms with Crippen molar-refractivity contribution in [2.45, 2.75) is 12.5 Å². The summed E-state index contributed by atoms with van der Waals surface area (Å²) in [6, 6.07) is 17.9. The average molecular weight is 526 g/mol. The molecule has 0 aliphatic carbocycles. The minimum atomic E-state index is -0.377. The van der Waals surface area contributed by atoms with Crippen LogP contribution in [-0.4, -0.2) is 46.9 Å². The third-order valence-corrected chi connectivity index (χ3v) is 7.63. The number of carbonyl (C=O) groups excluding carboxylic acids is 3. The Hall–Kier alpha value is -4.70. The normalized spacial score (nSPS) is 16.3. The zero-order chi connectivity index (χ0) is 26.2. The molecular weight excluding hydrogens is 502 g/mol. The molecular formula is C28H23N5O4S. The van der Waals surface area contributed by atoms with Crippen molar-refractivity contribution in [1.29, 1.82) is 0 Å². The first kappa shape index (κ1) is 23.7. The molecule has 38 heavy (non-hydrogen) atoms. The molecule has 0 saturated carbocycles. The van der Waals surface area contributed by atoms with Gasteiger partial charge in [-0.15, -0.1) is 11.3 Å². The van der Waals surface area contributed by atoms with Gasteiger partial charge in [-0.25, -0.2) is 9.78 Å². The minimum absolute atomic E-state index is 0.153. The number of rotatable bonds is 6. The van der Waals surface area contributed by atoms with Gasteiger partial charge in [0, 0.05) is 25.3 Å². The van der Waals surface area contributed by atoms with Crippen LogP contribution in [0.5, 0.6) is 11.5 Å². The molecule has 10 heteroatoms. The highest BCUT2D eigenvalue weighted by atomic mass is 32.1. The number of hydrogen-bond donors (Lipinski definition) is 2. The maximum absolute atomic E-state index is 13.3. The van der Waals surface area contributed by atoms with Crippen LogP contribution in [0.4, 0.5) is 21.9 Å². The van der Waals surface area contributed by atoms with Gasteiger partial charge in [-0.05, 0) is 55.0 Å². The van der Waals surface area contributed by atoms with Crippen molar-refractivity contribution in [2.24, 2.45) is 0 Å².